The largest absolute Gasteiger partial charge is 0.356 e. The van der Waals surface area contributed by atoms with Crippen LogP contribution in [0.15, 0.2) is 42.7 Å². The van der Waals surface area contributed by atoms with Crippen molar-refractivity contribution in [3.8, 4) is 5.69 Å². The Balaban J connectivity index is 1.51. The normalized spacial score (nSPS) is 15.2. The van der Waals surface area contributed by atoms with E-state index in [-0.39, 0.29) is 5.91 Å². The molecule has 0 spiro atoms. The molecule has 1 aromatic heterocycles. The van der Waals surface area contributed by atoms with Crippen LogP contribution in [-0.4, -0.2) is 22.2 Å². The Morgan fingerprint density at radius 3 is 2.67 bits per heavy atom. The van der Waals surface area contributed by atoms with E-state index in [4.69, 9.17) is 0 Å². The van der Waals surface area contributed by atoms with Gasteiger partial charge < -0.3 is 5.32 Å². The molecule has 0 unspecified atom stereocenters. The Morgan fingerprint density at radius 1 is 1.24 bits per heavy atom. The summed E-state index contributed by atoms with van der Waals surface area (Å²) in [6.07, 6.45) is 9.27. The van der Waals surface area contributed by atoms with Crippen LogP contribution in [0.1, 0.15) is 31.2 Å². The lowest BCUT2D eigenvalue weighted by Crippen LogP contribution is -2.29. The highest BCUT2D eigenvalue weighted by Crippen LogP contribution is 2.23. The van der Waals surface area contributed by atoms with Crippen LogP contribution in [0.4, 0.5) is 0 Å². The SMILES string of the molecule is O=C(Cc1ccc(-n2cccn2)cc1)NCC1CCCC1. The van der Waals surface area contributed by atoms with Gasteiger partial charge in [0.2, 0.25) is 5.91 Å². The van der Waals surface area contributed by atoms with E-state index >= 15 is 0 Å². The van der Waals surface area contributed by atoms with Gasteiger partial charge in [-0.3, -0.25) is 4.79 Å². The number of hydrogen-bond donors (Lipinski definition) is 1. The second-order valence-electron chi connectivity index (χ2n) is 5.75. The van der Waals surface area contributed by atoms with Gasteiger partial charge >= 0.3 is 0 Å². The van der Waals surface area contributed by atoms with E-state index in [2.05, 4.69) is 10.4 Å². The van der Waals surface area contributed by atoms with Gasteiger partial charge in [0.1, 0.15) is 0 Å². The lowest BCUT2D eigenvalue weighted by atomic mass is 10.1. The minimum absolute atomic E-state index is 0.119. The van der Waals surface area contributed by atoms with Crippen LogP contribution in [0.3, 0.4) is 0 Å². The van der Waals surface area contributed by atoms with Crippen molar-refractivity contribution in [2.45, 2.75) is 32.1 Å². The first-order chi connectivity index (χ1) is 10.3. The van der Waals surface area contributed by atoms with Crippen LogP contribution < -0.4 is 5.32 Å². The van der Waals surface area contributed by atoms with E-state index in [0.29, 0.717) is 12.3 Å². The molecule has 1 aliphatic rings. The fourth-order valence-electron chi connectivity index (χ4n) is 2.91. The molecule has 0 saturated heterocycles. The summed E-state index contributed by atoms with van der Waals surface area (Å²) in [5.41, 5.74) is 2.05. The maximum absolute atomic E-state index is 12.0. The van der Waals surface area contributed by atoms with Crippen molar-refractivity contribution in [3.63, 3.8) is 0 Å². The second kappa shape index (κ2) is 6.57. The van der Waals surface area contributed by atoms with Gasteiger partial charge in [-0.2, -0.15) is 5.10 Å². The van der Waals surface area contributed by atoms with E-state index in [9.17, 15) is 4.79 Å². The summed E-state index contributed by atoms with van der Waals surface area (Å²) in [6, 6.07) is 9.86. The van der Waals surface area contributed by atoms with Gasteiger partial charge in [0.05, 0.1) is 12.1 Å². The summed E-state index contributed by atoms with van der Waals surface area (Å²) in [7, 11) is 0. The van der Waals surface area contributed by atoms with Crippen LogP contribution in [0.25, 0.3) is 5.69 Å². The van der Waals surface area contributed by atoms with Crippen LogP contribution in [0, 0.1) is 5.92 Å². The lowest BCUT2D eigenvalue weighted by molar-refractivity contribution is -0.120. The summed E-state index contributed by atoms with van der Waals surface area (Å²) < 4.78 is 1.81. The van der Waals surface area contributed by atoms with Crippen molar-refractivity contribution >= 4 is 5.91 Å². The molecule has 1 amide bonds. The molecule has 3 rings (SSSR count). The first-order valence-corrected chi connectivity index (χ1v) is 7.67. The second-order valence-corrected chi connectivity index (χ2v) is 5.75. The maximum atomic E-state index is 12.0. The van der Waals surface area contributed by atoms with Gasteiger partial charge in [0.25, 0.3) is 0 Å². The van der Waals surface area contributed by atoms with Gasteiger partial charge in [0, 0.05) is 18.9 Å². The number of carbonyl (C=O) groups is 1. The highest BCUT2D eigenvalue weighted by molar-refractivity contribution is 5.78. The zero-order valence-electron chi connectivity index (χ0n) is 12.2. The highest BCUT2D eigenvalue weighted by Gasteiger charge is 2.15. The van der Waals surface area contributed by atoms with Crippen LogP contribution in [0.2, 0.25) is 0 Å². The standard InChI is InChI=1S/C17H21N3O/c21-17(18-13-15-4-1-2-5-15)12-14-6-8-16(9-7-14)20-11-3-10-19-20/h3,6-11,15H,1-2,4-5,12-13H2,(H,18,21). The molecule has 1 aliphatic carbocycles. The third-order valence-corrected chi connectivity index (χ3v) is 4.13. The minimum Gasteiger partial charge on any atom is -0.356 e. The van der Waals surface area contributed by atoms with Crippen LogP contribution >= 0.6 is 0 Å². The number of aromatic nitrogens is 2. The third-order valence-electron chi connectivity index (χ3n) is 4.13. The Morgan fingerprint density at radius 2 is 2.00 bits per heavy atom. The molecule has 1 fully saturated rings. The smallest absolute Gasteiger partial charge is 0.224 e. The molecule has 0 atom stereocenters. The number of nitrogens with one attached hydrogen (secondary N) is 1. The molecule has 2 aromatic rings. The van der Waals surface area contributed by atoms with Gasteiger partial charge in [-0.15, -0.1) is 0 Å². The van der Waals surface area contributed by atoms with Crippen molar-refractivity contribution in [1.29, 1.82) is 0 Å². The molecular formula is C17H21N3O. The molecule has 1 aromatic carbocycles. The fraction of sp³-hybridized carbons (Fsp3) is 0.412. The van der Waals surface area contributed by atoms with Crippen LogP contribution in [0.5, 0.6) is 0 Å². The average Bonchev–Trinajstić information content (AvgIpc) is 3.19. The molecule has 0 radical (unpaired) electrons. The zero-order chi connectivity index (χ0) is 14.5. The molecule has 4 heteroatoms. The average molecular weight is 283 g/mol. The molecule has 0 aliphatic heterocycles. The number of hydrogen-bond acceptors (Lipinski definition) is 2. The molecule has 110 valence electrons. The molecule has 1 heterocycles. The predicted molar refractivity (Wildman–Crippen MR) is 82.2 cm³/mol. The topological polar surface area (TPSA) is 46.9 Å². The lowest BCUT2D eigenvalue weighted by Gasteiger charge is -2.10. The Kier molecular flexibility index (Phi) is 4.34. The van der Waals surface area contributed by atoms with Gasteiger partial charge in [0.15, 0.2) is 0 Å². The number of benzene rings is 1. The monoisotopic (exact) mass is 283 g/mol. The van der Waals surface area contributed by atoms with E-state index < -0.39 is 0 Å². The van der Waals surface area contributed by atoms with Crippen molar-refractivity contribution in [2.75, 3.05) is 6.54 Å². The summed E-state index contributed by atoms with van der Waals surface area (Å²) >= 11 is 0. The third kappa shape index (κ3) is 3.72. The Hall–Kier alpha value is -2.10. The first-order valence-electron chi connectivity index (χ1n) is 7.67. The van der Waals surface area contributed by atoms with Crippen molar-refractivity contribution in [1.82, 2.24) is 15.1 Å². The summed E-state index contributed by atoms with van der Waals surface area (Å²) in [6.45, 7) is 0.838. The number of rotatable bonds is 5. The van der Waals surface area contributed by atoms with E-state index in [1.165, 1.54) is 25.7 Å². The zero-order valence-corrected chi connectivity index (χ0v) is 12.2. The molecule has 1 saturated carbocycles. The van der Waals surface area contributed by atoms with Crippen molar-refractivity contribution in [3.05, 3.63) is 48.3 Å². The van der Waals surface area contributed by atoms with Gasteiger partial charge in [-0.25, -0.2) is 4.68 Å². The quantitative estimate of drug-likeness (QED) is 0.917. The molecule has 4 nitrogen and oxygen atoms in total. The fourth-order valence-corrected chi connectivity index (χ4v) is 2.91. The Bertz CT molecular complexity index is 569. The molecular weight excluding hydrogens is 262 g/mol. The first kappa shape index (κ1) is 13.9. The van der Waals surface area contributed by atoms with E-state index in [1.54, 1.807) is 6.20 Å². The van der Waals surface area contributed by atoms with Gasteiger partial charge in [-0.1, -0.05) is 25.0 Å². The number of carbonyl (C=O) groups excluding carboxylic acids is 1. The molecule has 0 bridgehead atoms. The summed E-state index contributed by atoms with van der Waals surface area (Å²) in [5, 5.41) is 7.25. The summed E-state index contributed by atoms with van der Waals surface area (Å²) in [5.74, 6) is 0.810. The van der Waals surface area contributed by atoms with Crippen molar-refractivity contribution < 1.29 is 4.79 Å². The Labute approximate surface area is 125 Å². The number of amides is 1. The molecule has 1 N–H and O–H groups in total. The van der Waals surface area contributed by atoms with E-state index in [1.807, 2.05) is 41.2 Å². The summed E-state index contributed by atoms with van der Waals surface area (Å²) in [4.78, 5) is 12.0. The highest BCUT2D eigenvalue weighted by atomic mass is 16.1. The van der Waals surface area contributed by atoms with Crippen molar-refractivity contribution in [2.24, 2.45) is 5.92 Å². The predicted octanol–water partition coefficient (Wildman–Crippen LogP) is 2.72. The van der Waals surface area contributed by atoms with E-state index in [0.717, 1.165) is 17.8 Å². The number of nitrogens with zero attached hydrogens (tertiary/aromatic N) is 2. The maximum Gasteiger partial charge on any atom is 0.224 e. The van der Waals surface area contributed by atoms with Gasteiger partial charge in [-0.05, 0) is 42.5 Å². The minimum atomic E-state index is 0.119. The molecule has 21 heavy (non-hydrogen) atoms. The van der Waals surface area contributed by atoms with Crippen LogP contribution in [-0.2, 0) is 11.2 Å².